The van der Waals surface area contributed by atoms with Crippen molar-refractivity contribution < 1.29 is 9.84 Å². The molecular weight excluding hydrogens is 226 g/mol. The van der Waals surface area contributed by atoms with Crippen LogP contribution in [0.25, 0.3) is 0 Å². The highest BCUT2D eigenvalue weighted by atomic mass is 16.5. The molecule has 0 aliphatic carbocycles. The van der Waals surface area contributed by atoms with Gasteiger partial charge < -0.3 is 9.84 Å². The number of aliphatic hydroxyl groups excluding tert-OH is 1. The Kier molecular flexibility index (Phi) is 4.38. The third-order valence-electron chi connectivity index (χ3n) is 3.68. The summed E-state index contributed by atoms with van der Waals surface area (Å²) in [7, 11) is 0. The van der Waals surface area contributed by atoms with Crippen LogP contribution in [0.3, 0.4) is 0 Å². The molecule has 1 saturated heterocycles. The van der Waals surface area contributed by atoms with Crippen molar-refractivity contribution in [1.29, 1.82) is 0 Å². The quantitative estimate of drug-likeness (QED) is 0.884. The number of rotatable bonds is 4. The zero-order valence-electron chi connectivity index (χ0n) is 11.3. The zero-order chi connectivity index (χ0) is 13.0. The van der Waals surface area contributed by atoms with E-state index in [4.69, 9.17) is 4.74 Å². The van der Waals surface area contributed by atoms with Crippen LogP contribution < -0.4 is 0 Å². The van der Waals surface area contributed by atoms with Gasteiger partial charge in [0.25, 0.3) is 0 Å². The van der Waals surface area contributed by atoms with Crippen molar-refractivity contribution in [3.63, 3.8) is 0 Å². The fraction of sp³-hybridized carbons (Fsp3) is 0.600. The van der Waals surface area contributed by atoms with Crippen molar-refractivity contribution in [2.75, 3.05) is 26.3 Å². The Morgan fingerprint density at radius 1 is 1.33 bits per heavy atom. The van der Waals surface area contributed by atoms with Gasteiger partial charge in [-0.2, -0.15) is 0 Å². The van der Waals surface area contributed by atoms with Crippen LogP contribution in [0.2, 0.25) is 0 Å². The Labute approximate surface area is 109 Å². The van der Waals surface area contributed by atoms with Crippen LogP contribution in [0.1, 0.15) is 19.4 Å². The molecule has 0 aromatic heterocycles. The molecule has 1 fully saturated rings. The summed E-state index contributed by atoms with van der Waals surface area (Å²) in [6.07, 6.45) is 0.111. The molecule has 1 unspecified atom stereocenters. The molecule has 100 valence electrons. The smallest absolute Gasteiger partial charge is 0.0775 e. The maximum atomic E-state index is 9.42. The summed E-state index contributed by atoms with van der Waals surface area (Å²) in [6, 6.07) is 10.5. The monoisotopic (exact) mass is 249 g/mol. The average Bonchev–Trinajstić information content (AvgIpc) is 2.40. The summed E-state index contributed by atoms with van der Waals surface area (Å²) in [6.45, 7) is 7.85. The third kappa shape index (κ3) is 3.31. The number of nitrogens with zero attached hydrogens (tertiary/aromatic N) is 1. The minimum absolute atomic E-state index is 0.111. The lowest BCUT2D eigenvalue weighted by molar-refractivity contribution is -0.101. The molecule has 1 heterocycles. The SMILES string of the molecule is CC(C)(CO)C1CN(Cc2ccccc2)CCO1. The molecule has 0 saturated carbocycles. The van der Waals surface area contributed by atoms with Gasteiger partial charge in [0.05, 0.1) is 19.3 Å². The molecule has 18 heavy (non-hydrogen) atoms. The van der Waals surface area contributed by atoms with Gasteiger partial charge in [-0.25, -0.2) is 0 Å². The Bertz CT molecular complexity index is 364. The molecule has 0 bridgehead atoms. The summed E-state index contributed by atoms with van der Waals surface area (Å²) >= 11 is 0. The summed E-state index contributed by atoms with van der Waals surface area (Å²) < 4.78 is 5.80. The number of morpholine rings is 1. The molecule has 2 rings (SSSR count). The van der Waals surface area contributed by atoms with Gasteiger partial charge in [0, 0.05) is 25.0 Å². The Balaban J connectivity index is 1.95. The summed E-state index contributed by atoms with van der Waals surface area (Å²) in [5, 5.41) is 9.42. The third-order valence-corrected chi connectivity index (χ3v) is 3.68. The van der Waals surface area contributed by atoms with Crippen molar-refractivity contribution in [2.45, 2.75) is 26.5 Å². The average molecular weight is 249 g/mol. The van der Waals surface area contributed by atoms with E-state index < -0.39 is 0 Å². The van der Waals surface area contributed by atoms with Crippen molar-refractivity contribution in [3.05, 3.63) is 35.9 Å². The second-order valence-electron chi connectivity index (χ2n) is 5.73. The maximum Gasteiger partial charge on any atom is 0.0775 e. The summed E-state index contributed by atoms with van der Waals surface area (Å²) in [4.78, 5) is 2.40. The fourth-order valence-corrected chi connectivity index (χ4v) is 2.26. The van der Waals surface area contributed by atoms with Crippen LogP contribution >= 0.6 is 0 Å². The highest BCUT2D eigenvalue weighted by Crippen LogP contribution is 2.26. The van der Waals surface area contributed by atoms with E-state index in [1.807, 2.05) is 6.07 Å². The molecule has 0 amide bonds. The predicted octanol–water partition coefficient (Wildman–Crippen LogP) is 1.91. The molecule has 0 radical (unpaired) electrons. The van der Waals surface area contributed by atoms with Crippen LogP contribution in [-0.2, 0) is 11.3 Å². The molecule has 3 heteroatoms. The highest BCUT2D eigenvalue weighted by molar-refractivity contribution is 5.14. The first-order valence-corrected chi connectivity index (χ1v) is 6.60. The van der Waals surface area contributed by atoms with Gasteiger partial charge in [-0.1, -0.05) is 44.2 Å². The zero-order valence-corrected chi connectivity index (χ0v) is 11.3. The first-order chi connectivity index (χ1) is 8.62. The molecule has 0 spiro atoms. The van der Waals surface area contributed by atoms with Gasteiger partial charge in [0.15, 0.2) is 0 Å². The lowest BCUT2D eigenvalue weighted by atomic mass is 9.86. The lowest BCUT2D eigenvalue weighted by Gasteiger charge is -2.40. The normalized spacial score (nSPS) is 22.1. The minimum Gasteiger partial charge on any atom is -0.396 e. The minimum atomic E-state index is -0.171. The van der Waals surface area contributed by atoms with Gasteiger partial charge in [-0.3, -0.25) is 4.90 Å². The van der Waals surface area contributed by atoms with Gasteiger partial charge in [0.1, 0.15) is 0 Å². The van der Waals surface area contributed by atoms with Crippen molar-refractivity contribution in [3.8, 4) is 0 Å². The largest absolute Gasteiger partial charge is 0.396 e. The van der Waals surface area contributed by atoms with Gasteiger partial charge in [-0.05, 0) is 5.56 Å². The van der Waals surface area contributed by atoms with Gasteiger partial charge in [0.2, 0.25) is 0 Å². The van der Waals surface area contributed by atoms with Crippen LogP contribution in [0.5, 0.6) is 0 Å². The number of ether oxygens (including phenoxy) is 1. The molecule has 1 aromatic rings. The molecule has 1 aliphatic heterocycles. The first-order valence-electron chi connectivity index (χ1n) is 6.60. The molecule has 1 aromatic carbocycles. The summed E-state index contributed by atoms with van der Waals surface area (Å²) in [5.74, 6) is 0. The number of benzene rings is 1. The van der Waals surface area contributed by atoms with E-state index in [0.717, 1.165) is 26.2 Å². The van der Waals surface area contributed by atoms with E-state index in [9.17, 15) is 5.11 Å². The molecule has 1 atom stereocenters. The van der Waals surface area contributed by atoms with E-state index in [-0.39, 0.29) is 18.1 Å². The molecule has 3 nitrogen and oxygen atoms in total. The Morgan fingerprint density at radius 3 is 2.72 bits per heavy atom. The number of hydrogen-bond acceptors (Lipinski definition) is 3. The topological polar surface area (TPSA) is 32.7 Å². The second-order valence-corrected chi connectivity index (χ2v) is 5.73. The first kappa shape index (κ1) is 13.5. The second kappa shape index (κ2) is 5.83. The van der Waals surface area contributed by atoms with Gasteiger partial charge >= 0.3 is 0 Å². The van der Waals surface area contributed by atoms with E-state index >= 15 is 0 Å². The standard InChI is InChI=1S/C15H23NO2/c1-15(2,12-17)14-11-16(8-9-18-14)10-13-6-4-3-5-7-13/h3-7,14,17H,8-12H2,1-2H3. The highest BCUT2D eigenvalue weighted by Gasteiger charge is 2.33. The number of hydrogen-bond donors (Lipinski definition) is 1. The lowest BCUT2D eigenvalue weighted by Crippen LogP contribution is -2.49. The molecular formula is C15H23NO2. The van der Waals surface area contributed by atoms with E-state index in [1.165, 1.54) is 5.56 Å². The maximum absolute atomic E-state index is 9.42. The molecule has 1 N–H and O–H groups in total. The Hall–Kier alpha value is -0.900. The van der Waals surface area contributed by atoms with Crippen molar-refractivity contribution in [1.82, 2.24) is 4.90 Å². The van der Waals surface area contributed by atoms with E-state index in [0.29, 0.717) is 0 Å². The van der Waals surface area contributed by atoms with Crippen molar-refractivity contribution in [2.24, 2.45) is 5.41 Å². The van der Waals surface area contributed by atoms with Crippen LogP contribution in [0, 0.1) is 5.41 Å². The van der Waals surface area contributed by atoms with Crippen LogP contribution in [-0.4, -0.2) is 42.4 Å². The van der Waals surface area contributed by atoms with Crippen molar-refractivity contribution >= 4 is 0 Å². The van der Waals surface area contributed by atoms with Gasteiger partial charge in [-0.15, -0.1) is 0 Å². The van der Waals surface area contributed by atoms with E-state index in [1.54, 1.807) is 0 Å². The number of aliphatic hydroxyl groups is 1. The van der Waals surface area contributed by atoms with Crippen LogP contribution in [0.4, 0.5) is 0 Å². The van der Waals surface area contributed by atoms with E-state index in [2.05, 4.69) is 43.0 Å². The fourth-order valence-electron chi connectivity index (χ4n) is 2.26. The Morgan fingerprint density at radius 2 is 2.06 bits per heavy atom. The van der Waals surface area contributed by atoms with Crippen LogP contribution in [0.15, 0.2) is 30.3 Å². The predicted molar refractivity (Wildman–Crippen MR) is 72.3 cm³/mol. The molecule has 1 aliphatic rings. The summed E-state index contributed by atoms with van der Waals surface area (Å²) in [5.41, 5.74) is 1.16.